The summed E-state index contributed by atoms with van der Waals surface area (Å²) in [6, 6.07) is 2.57. The van der Waals surface area contributed by atoms with Crippen LogP contribution in [0.1, 0.15) is 36.7 Å². The highest BCUT2D eigenvalue weighted by molar-refractivity contribution is 6.44. The van der Waals surface area contributed by atoms with Crippen LogP contribution < -0.4 is 0 Å². The molecule has 0 aliphatic carbocycles. The van der Waals surface area contributed by atoms with Crippen molar-refractivity contribution in [2.24, 2.45) is 4.99 Å². The number of amides is 1. The number of ketones is 1. The van der Waals surface area contributed by atoms with Crippen LogP contribution in [0.4, 0.5) is 8.78 Å². The first-order valence-corrected chi connectivity index (χ1v) is 7.72. The second kappa shape index (κ2) is 5.83. The highest BCUT2D eigenvalue weighted by Gasteiger charge is 2.50. The lowest BCUT2D eigenvalue weighted by Gasteiger charge is -2.49. The maximum Gasteiger partial charge on any atom is 0.309 e. The molecule has 1 saturated heterocycles. The van der Waals surface area contributed by atoms with Crippen LogP contribution in [0.5, 0.6) is 0 Å². The minimum atomic E-state index is -3.12. The number of amidine groups is 1. The van der Waals surface area contributed by atoms with Gasteiger partial charge in [0.1, 0.15) is 23.6 Å². The van der Waals surface area contributed by atoms with Gasteiger partial charge in [0.25, 0.3) is 5.92 Å². The Morgan fingerprint density at radius 2 is 2.00 bits per heavy atom. The standard InChI is InChI=1S/C16H18F2N4O3/c1-8-19-14-12(13(23)15(24)21(3)22(8)14)9-5-6-11(16(2,17)18)20-10(9)7-25-4/h5-6,8,12H,7H2,1-4H3. The molecule has 134 valence electrons. The molecule has 2 atom stereocenters. The number of aliphatic imine (C=N–C) groups is 1. The van der Waals surface area contributed by atoms with Crippen molar-refractivity contribution in [1.82, 2.24) is 15.0 Å². The summed E-state index contributed by atoms with van der Waals surface area (Å²) in [5, 5.41) is 2.84. The molecule has 0 aromatic carbocycles. The highest BCUT2D eigenvalue weighted by Crippen LogP contribution is 2.36. The van der Waals surface area contributed by atoms with Crippen molar-refractivity contribution in [1.29, 1.82) is 0 Å². The molecule has 2 aliphatic rings. The average molecular weight is 352 g/mol. The van der Waals surface area contributed by atoms with Gasteiger partial charge >= 0.3 is 5.91 Å². The van der Waals surface area contributed by atoms with Gasteiger partial charge in [-0.05, 0) is 18.6 Å². The third-order valence-corrected chi connectivity index (χ3v) is 4.31. The fourth-order valence-corrected chi connectivity index (χ4v) is 3.10. The lowest BCUT2D eigenvalue weighted by Crippen LogP contribution is -2.66. The Morgan fingerprint density at radius 3 is 2.56 bits per heavy atom. The van der Waals surface area contributed by atoms with E-state index in [-0.39, 0.29) is 18.5 Å². The van der Waals surface area contributed by atoms with Gasteiger partial charge < -0.3 is 4.74 Å². The molecular formula is C16H18F2N4O3. The molecule has 1 fully saturated rings. The van der Waals surface area contributed by atoms with Crippen molar-refractivity contribution in [2.75, 3.05) is 14.2 Å². The van der Waals surface area contributed by atoms with Crippen LogP contribution in [0.25, 0.3) is 0 Å². The molecular weight excluding hydrogens is 334 g/mol. The average Bonchev–Trinajstić information content (AvgIpc) is 2.52. The fourth-order valence-electron chi connectivity index (χ4n) is 3.10. The normalized spacial score (nSPS) is 23.4. The Labute approximate surface area is 143 Å². The zero-order chi connectivity index (χ0) is 18.5. The summed E-state index contributed by atoms with van der Waals surface area (Å²) in [6.07, 6.45) is -0.266. The number of rotatable bonds is 4. The van der Waals surface area contributed by atoms with E-state index >= 15 is 0 Å². The van der Waals surface area contributed by atoms with E-state index in [0.717, 1.165) is 13.0 Å². The number of aromatic nitrogens is 1. The van der Waals surface area contributed by atoms with Crippen LogP contribution in [0.3, 0.4) is 0 Å². The number of likely N-dealkylation sites (N-methyl/N-ethyl adjacent to an activating group) is 1. The summed E-state index contributed by atoms with van der Waals surface area (Å²) in [4.78, 5) is 33.1. The monoisotopic (exact) mass is 352 g/mol. The number of ether oxygens (including phenoxy) is 1. The Hall–Kier alpha value is -2.42. The maximum absolute atomic E-state index is 13.6. The number of Topliss-reactive ketones (excluding diaryl/α,β-unsaturated/α-hetero) is 1. The molecule has 7 nitrogen and oxygen atoms in total. The number of carbonyl (C=O) groups excluding carboxylic acids is 2. The summed E-state index contributed by atoms with van der Waals surface area (Å²) in [5.41, 5.74) is 0.132. The number of halogens is 2. The number of hydrogen-bond acceptors (Lipinski definition) is 6. The van der Waals surface area contributed by atoms with E-state index in [1.54, 1.807) is 11.9 Å². The Balaban J connectivity index is 2.10. The largest absolute Gasteiger partial charge is 0.378 e. The first-order valence-electron chi connectivity index (χ1n) is 7.72. The molecule has 0 saturated carbocycles. The van der Waals surface area contributed by atoms with Crippen molar-refractivity contribution in [3.05, 3.63) is 29.1 Å². The van der Waals surface area contributed by atoms with Gasteiger partial charge in [0.05, 0.1) is 12.3 Å². The number of nitrogens with zero attached hydrogens (tertiary/aromatic N) is 4. The van der Waals surface area contributed by atoms with Gasteiger partial charge in [-0.15, -0.1) is 0 Å². The number of carbonyl (C=O) groups is 2. The van der Waals surface area contributed by atoms with Gasteiger partial charge in [-0.25, -0.2) is 20.0 Å². The van der Waals surface area contributed by atoms with Gasteiger partial charge in [0.15, 0.2) is 0 Å². The molecule has 2 aliphatic heterocycles. The van der Waals surface area contributed by atoms with Crippen LogP contribution in [0.15, 0.2) is 17.1 Å². The Morgan fingerprint density at radius 1 is 1.32 bits per heavy atom. The van der Waals surface area contributed by atoms with Crippen LogP contribution in [-0.4, -0.2) is 52.9 Å². The van der Waals surface area contributed by atoms with E-state index in [1.807, 2.05) is 0 Å². The molecule has 3 rings (SSSR count). The Bertz CT molecular complexity index is 775. The number of alkyl halides is 2. The molecule has 0 bridgehead atoms. The minimum Gasteiger partial charge on any atom is -0.378 e. The smallest absolute Gasteiger partial charge is 0.309 e. The lowest BCUT2D eigenvalue weighted by atomic mass is 9.87. The first kappa shape index (κ1) is 17.4. The van der Waals surface area contributed by atoms with Crippen molar-refractivity contribution in [2.45, 2.75) is 38.5 Å². The van der Waals surface area contributed by atoms with Crippen LogP contribution in [0.2, 0.25) is 0 Å². The van der Waals surface area contributed by atoms with Crippen molar-refractivity contribution < 1.29 is 23.1 Å². The highest BCUT2D eigenvalue weighted by atomic mass is 19.3. The minimum absolute atomic E-state index is 0.0596. The zero-order valence-electron chi connectivity index (χ0n) is 14.3. The van der Waals surface area contributed by atoms with Gasteiger partial charge in [0.2, 0.25) is 5.78 Å². The molecule has 0 radical (unpaired) electrons. The first-order chi connectivity index (χ1) is 11.7. The summed E-state index contributed by atoms with van der Waals surface area (Å²) < 4.78 is 32.2. The van der Waals surface area contributed by atoms with Gasteiger partial charge in [-0.2, -0.15) is 8.78 Å². The molecule has 1 aromatic rings. The number of hydrogen-bond donors (Lipinski definition) is 0. The van der Waals surface area contributed by atoms with Crippen LogP contribution in [-0.2, 0) is 26.9 Å². The third-order valence-electron chi connectivity index (χ3n) is 4.31. The van der Waals surface area contributed by atoms with E-state index in [0.29, 0.717) is 11.4 Å². The zero-order valence-corrected chi connectivity index (χ0v) is 14.3. The van der Waals surface area contributed by atoms with E-state index < -0.39 is 29.2 Å². The molecule has 2 unspecified atom stereocenters. The molecule has 25 heavy (non-hydrogen) atoms. The third kappa shape index (κ3) is 2.68. The molecule has 1 amide bonds. The van der Waals surface area contributed by atoms with Gasteiger partial charge in [0, 0.05) is 21.1 Å². The van der Waals surface area contributed by atoms with Gasteiger partial charge in [-0.1, -0.05) is 6.07 Å². The predicted molar refractivity (Wildman–Crippen MR) is 83.8 cm³/mol. The summed E-state index contributed by atoms with van der Waals surface area (Å²) in [5.74, 6) is -5.02. The molecule has 3 heterocycles. The lowest BCUT2D eigenvalue weighted by molar-refractivity contribution is -0.157. The van der Waals surface area contributed by atoms with Crippen molar-refractivity contribution in [3.63, 3.8) is 0 Å². The number of pyridine rings is 1. The Kier molecular flexibility index (Phi) is 4.06. The van der Waals surface area contributed by atoms with E-state index in [2.05, 4.69) is 9.98 Å². The van der Waals surface area contributed by atoms with Crippen LogP contribution in [0, 0.1) is 0 Å². The second-order valence-corrected chi connectivity index (χ2v) is 6.14. The fraction of sp³-hybridized carbons (Fsp3) is 0.500. The van der Waals surface area contributed by atoms with E-state index in [1.165, 1.54) is 25.2 Å². The molecule has 1 aromatic heterocycles. The summed E-state index contributed by atoms with van der Waals surface area (Å²) in [6.45, 7) is 2.47. The SMILES string of the molecule is COCc1nc(C(C)(F)F)ccc1C1C(=O)C(=O)N(C)N2C1=NC2C. The predicted octanol–water partition coefficient (Wildman–Crippen LogP) is 1.44. The molecule has 0 N–H and O–H groups in total. The number of methoxy groups -OCH3 is 1. The van der Waals surface area contributed by atoms with E-state index in [9.17, 15) is 18.4 Å². The van der Waals surface area contributed by atoms with Crippen LogP contribution >= 0.6 is 0 Å². The maximum atomic E-state index is 13.6. The molecule has 9 heteroatoms. The van der Waals surface area contributed by atoms with Crippen molar-refractivity contribution in [3.8, 4) is 0 Å². The number of hydrazine groups is 1. The summed E-state index contributed by atoms with van der Waals surface area (Å²) in [7, 11) is 2.90. The number of fused-ring (bicyclic) bond motifs is 1. The second-order valence-electron chi connectivity index (χ2n) is 6.14. The van der Waals surface area contributed by atoms with Gasteiger partial charge in [-0.3, -0.25) is 9.59 Å². The summed E-state index contributed by atoms with van der Waals surface area (Å²) >= 11 is 0. The molecule has 0 spiro atoms. The quantitative estimate of drug-likeness (QED) is 0.767. The topological polar surface area (TPSA) is 75.1 Å². The van der Waals surface area contributed by atoms with Crippen molar-refractivity contribution >= 4 is 17.5 Å². The van der Waals surface area contributed by atoms with E-state index in [4.69, 9.17) is 4.74 Å².